The fraction of sp³-hybridized carbons (Fsp3) is 0.895. The number of ketones is 1. The van der Waals surface area contributed by atoms with Crippen molar-refractivity contribution in [3.8, 4) is 0 Å². The Kier molecular flexibility index (Phi) is 11.0. The molecule has 0 aliphatic carbocycles. The molecule has 4 heteroatoms. The number of hydrogen-bond donors (Lipinski definition) is 0. The Morgan fingerprint density at radius 2 is 1.48 bits per heavy atom. The predicted octanol–water partition coefficient (Wildman–Crippen LogP) is 3.64. The number of rotatable bonds is 7. The van der Waals surface area contributed by atoms with E-state index in [-0.39, 0.29) is 0 Å². The minimum Gasteiger partial charge on any atom is -0.343 e. The van der Waals surface area contributed by atoms with Crippen molar-refractivity contribution in [2.45, 2.75) is 78.1 Å². The van der Waals surface area contributed by atoms with E-state index in [2.05, 4.69) is 18.7 Å². The second-order valence-corrected chi connectivity index (χ2v) is 6.78. The summed E-state index contributed by atoms with van der Waals surface area (Å²) in [6.45, 7) is 9.56. The van der Waals surface area contributed by atoms with E-state index in [0.29, 0.717) is 11.7 Å². The lowest BCUT2D eigenvalue weighted by Gasteiger charge is -2.26. The van der Waals surface area contributed by atoms with E-state index in [1.807, 2.05) is 4.90 Å². The van der Waals surface area contributed by atoms with E-state index in [4.69, 9.17) is 0 Å². The quantitative estimate of drug-likeness (QED) is 0.671. The second-order valence-electron chi connectivity index (χ2n) is 6.78. The summed E-state index contributed by atoms with van der Waals surface area (Å²) in [5.41, 5.74) is 0. The molecule has 0 bridgehead atoms. The fourth-order valence-electron chi connectivity index (χ4n) is 3.06. The third kappa shape index (κ3) is 9.09. The zero-order valence-electron chi connectivity index (χ0n) is 15.3. The molecule has 134 valence electrons. The molecule has 2 fully saturated rings. The van der Waals surface area contributed by atoms with Gasteiger partial charge in [0.05, 0.1) is 0 Å². The lowest BCUT2D eigenvalue weighted by atomic mass is 10.1. The van der Waals surface area contributed by atoms with E-state index < -0.39 is 0 Å². The number of piperidine rings is 2. The smallest absolute Gasteiger partial charge is 0.222 e. The lowest BCUT2D eigenvalue weighted by molar-refractivity contribution is -0.133. The molecule has 4 nitrogen and oxygen atoms in total. The highest BCUT2D eigenvalue weighted by molar-refractivity contribution is 5.79. The Morgan fingerprint density at radius 1 is 0.783 bits per heavy atom. The molecule has 0 aromatic rings. The molecule has 1 amide bonds. The van der Waals surface area contributed by atoms with Gasteiger partial charge in [-0.05, 0) is 32.2 Å². The Labute approximate surface area is 142 Å². The van der Waals surface area contributed by atoms with Crippen LogP contribution < -0.4 is 0 Å². The van der Waals surface area contributed by atoms with E-state index in [1.54, 1.807) is 0 Å². The Morgan fingerprint density at radius 3 is 2.09 bits per heavy atom. The molecule has 0 atom stereocenters. The predicted molar refractivity (Wildman–Crippen MR) is 95.5 cm³/mol. The Bertz CT molecular complexity index is 334. The second kappa shape index (κ2) is 12.5. The van der Waals surface area contributed by atoms with Gasteiger partial charge in [-0.3, -0.25) is 9.59 Å². The van der Waals surface area contributed by atoms with Crippen molar-refractivity contribution in [3.63, 3.8) is 0 Å². The molecular formula is C19H36N2O2. The van der Waals surface area contributed by atoms with Crippen LogP contribution in [0, 0.1) is 0 Å². The summed E-state index contributed by atoms with van der Waals surface area (Å²) in [7, 11) is 0. The number of amides is 1. The van der Waals surface area contributed by atoms with Gasteiger partial charge in [-0.25, -0.2) is 0 Å². The van der Waals surface area contributed by atoms with Gasteiger partial charge in [-0.15, -0.1) is 0 Å². The molecule has 0 N–H and O–H groups in total. The summed E-state index contributed by atoms with van der Waals surface area (Å²) in [6, 6.07) is 0. The maximum Gasteiger partial charge on any atom is 0.222 e. The van der Waals surface area contributed by atoms with Crippen LogP contribution in [-0.4, -0.2) is 54.2 Å². The standard InChI is InChI=1S/C10H19NO.C9H17NO/c1-2-3-4-7-11-8-5-10(12)6-9-11;1-2-3-7-10-8-5-4-6-9(10)11/h2-9H2,1H3;2-8H2,1H3. The first-order valence-electron chi connectivity index (χ1n) is 9.69. The van der Waals surface area contributed by atoms with Crippen molar-refractivity contribution >= 4 is 11.7 Å². The monoisotopic (exact) mass is 324 g/mol. The molecule has 2 aliphatic heterocycles. The maximum absolute atomic E-state index is 11.2. The molecule has 0 saturated carbocycles. The van der Waals surface area contributed by atoms with Crippen LogP contribution in [-0.2, 0) is 9.59 Å². The van der Waals surface area contributed by atoms with Crippen molar-refractivity contribution in [1.29, 1.82) is 0 Å². The molecule has 2 saturated heterocycles. The van der Waals surface area contributed by atoms with Gasteiger partial charge in [0, 0.05) is 45.4 Å². The van der Waals surface area contributed by atoms with Crippen molar-refractivity contribution in [2.24, 2.45) is 0 Å². The normalized spacial score (nSPS) is 19.5. The van der Waals surface area contributed by atoms with Gasteiger partial charge in [0.15, 0.2) is 0 Å². The molecule has 0 radical (unpaired) electrons. The highest BCUT2D eigenvalue weighted by atomic mass is 16.2. The average molecular weight is 325 g/mol. The Hall–Kier alpha value is -0.900. The maximum atomic E-state index is 11.2. The fourth-order valence-corrected chi connectivity index (χ4v) is 3.06. The van der Waals surface area contributed by atoms with Gasteiger partial charge in [0.25, 0.3) is 0 Å². The highest BCUT2D eigenvalue weighted by Gasteiger charge is 2.16. The summed E-state index contributed by atoms with van der Waals surface area (Å²) in [5, 5.41) is 0. The van der Waals surface area contributed by atoms with Crippen molar-refractivity contribution in [2.75, 3.05) is 32.7 Å². The number of carbonyl (C=O) groups excluding carboxylic acids is 2. The number of hydrogen-bond acceptors (Lipinski definition) is 3. The van der Waals surface area contributed by atoms with Crippen LogP contribution in [0.3, 0.4) is 0 Å². The SMILES string of the molecule is CCCCCN1CCC(=O)CC1.CCCCN1CCCCC1=O. The summed E-state index contributed by atoms with van der Waals surface area (Å²) >= 11 is 0. The van der Waals surface area contributed by atoms with Crippen molar-refractivity contribution in [1.82, 2.24) is 9.80 Å². The summed E-state index contributed by atoms with van der Waals surface area (Å²) < 4.78 is 0. The van der Waals surface area contributed by atoms with Crippen LogP contribution in [0.4, 0.5) is 0 Å². The Balaban J connectivity index is 0.000000231. The van der Waals surface area contributed by atoms with Gasteiger partial charge < -0.3 is 9.80 Å². The third-order valence-corrected chi connectivity index (χ3v) is 4.69. The number of nitrogens with zero attached hydrogens (tertiary/aromatic N) is 2. The van der Waals surface area contributed by atoms with Crippen LogP contribution in [0.15, 0.2) is 0 Å². The van der Waals surface area contributed by atoms with Gasteiger partial charge in [-0.2, -0.15) is 0 Å². The third-order valence-electron chi connectivity index (χ3n) is 4.69. The van der Waals surface area contributed by atoms with Crippen LogP contribution in [0.2, 0.25) is 0 Å². The summed E-state index contributed by atoms with van der Waals surface area (Å²) in [4.78, 5) is 26.6. The van der Waals surface area contributed by atoms with Gasteiger partial charge in [0.1, 0.15) is 5.78 Å². The topological polar surface area (TPSA) is 40.6 Å². The number of Topliss-reactive ketones (excluding diaryl/α,β-unsaturated/α-hetero) is 1. The zero-order chi connectivity index (χ0) is 16.9. The number of carbonyl (C=O) groups is 2. The first-order chi connectivity index (χ1) is 11.2. The molecular weight excluding hydrogens is 288 g/mol. The molecule has 2 rings (SSSR count). The van der Waals surface area contributed by atoms with E-state index in [9.17, 15) is 9.59 Å². The van der Waals surface area contributed by atoms with Crippen molar-refractivity contribution in [3.05, 3.63) is 0 Å². The lowest BCUT2D eigenvalue weighted by Crippen LogP contribution is -2.35. The molecule has 2 aliphatic rings. The van der Waals surface area contributed by atoms with Crippen LogP contribution in [0.25, 0.3) is 0 Å². The molecule has 2 heterocycles. The van der Waals surface area contributed by atoms with Gasteiger partial charge in [0.2, 0.25) is 5.91 Å². The highest BCUT2D eigenvalue weighted by Crippen LogP contribution is 2.10. The molecule has 23 heavy (non-hydrogen) atoms. The average Bonchev–Trinajstić information content (AvgIpc) is 2.57. The first-order valence-corrected chi connectivity index (χ1v) is 9.69. The largest absolute Gasteiger partial charge is 0.343 e. The minimum atomic E-state index is 0.365. The van der Waals surface area contributed by atoms with Crippen LogP contribution in [0.1, 0.15) is 78.1 Å². The van der Waals surface area contributed by atoms with Gasteiger partial charge in [-0.1, -0.05) is 33.1 Å². The zero-order valence-corrected chi connectivity index (χ0v) is 15.3. The first kappa shape index (κ1) is 20.1. The minimum absolute atomic E-state index is 0.365. The number of likely N-dealkylation sites (tertiary alicyclic amines) is 2. The van der Waals surface area contributed by atoms with E-state index in [1.165, 1.54) is 38.6 Å². The summed E-state index contributed by atoms with van der Waals surface area (Å²) in [5.74, 6) is 0.812. The van der Waals surface area contributed by atoms with Crippen LogP contribution >= 0.6 is 0 Å². The van der Waals surface area contributed by atoms with E-state index >= 15 is 0 Å². The molecule has 0 unspecified atom stereocenters. The molecule has 0 spiro atoms. The van der Waals surface area contributed by atoms with Crippen LogP contribution in [0.5, 0.6) is 0 Å². The summed E-state index contributed by atoms with van der Waals surface area (Å²) in [6.07, 6.45) is 10.9. The molecule has 0 aromatic heterocycles. The van der Waals surface area contributed by atoms with E-state index in [0.717, 1.165) is 58.3 Å². The van der Waals surface area contributed by atoms with Gasteiger partial charge >= 0.3 is 0 Å². The number of unbranched alkanes of at least 4 members (excludes halogenated alkanes) is 3. The van der Waals surface area contributed by atoms with Crippen molar-refractivity contribution < 1.29 is 9.59 Å². The molecule has 0 aromatic carbocycles.